The Morgan fingerprint density at radius 3 is 2.48 bits per heavy atom. The van der Waals surface area contributed by atoms with Crippen molar-refractivity contribution in [2.45, 2.75) is 13.8 Å². The van der Waals surface area contributed by atoms with Gasteiger partial charge in [0, 0.05) is 21.7 Å². The number of rotatable bonds is 1. The predicted octanol–water partition coefficient (Wildman–Crippen LogP) is 7.57. The molecule has 6 aromatic rings. The molecule has 29 heavy (non-hydrogen) atoms. The highest BCUT2D eigenvalue weighted by molar-refractivity contribution is 6.19. The molecule has 2 nitrogen and oxygen atoms in total. The average molecular weight is 373 g/mol. The lowest BCUT2D eigenvalue weighted by Crippen LogP contribution is -1.90. The molecule has 0 aliphatic rings. The second-order valence-corrected chi connectivity index (χ2v) is 7.77. The number of hydrogen-bond donors (Lipinski definition) is 0. The molecule has 0 amide bonds. The molecule has 0 spiro atoms. The summed E-state index contributed by atoms with van der Waals surface area (Å²) in [5.74, 6) is 0. The van der Waals surface area contributed by atoms with Gasteiger partial charge in [0.1, 0.15) is 11.2 Å². The van der Waals surface area contributed by atoms with Gasteiger partial charge in [-0.1, -0.05) is 48.5 Å². The second kappa shape index (κ2) is 5.92. The van der Waals surface area contributed by atoms with E-state index in [2.05, 4.69) is 92.7 Å². The Labute approximate surface area is 168 Å². The van der Waals surface area contributed by atoms with Crippen LogP contribution in [0.15, 0.2) is 83.3 Å². The van der Waals surface area contributed by atoms with E-state index in [1.54, 1.807) is 0 Å². The molecule has 2 heteroatoms. The van der Waals surface area contributed by atoms with E-state index in [1.165, 1.54) is 32.7 Å². The molecule has 0 saturated carbocycles. The molecule has 2 heterocycles. The van der Waals surface area contributed by atoms with Crippen LogP contribution in [0.5, 0.6) is 0 Å². The average Bonchev–Trinajstić information content (AvgIpc) is 3.12. The monoisotopic (exact) mass is 373 g/mol. The van der Waals surface area contributed by atoms with Crippen LogP contribution >= 0.6 is 0 Å². The van der Waals surface area contributed by atoms with Crippen LogP contribution in [0.2, 0.25) is 0 Å². The number of aromatic nitrogens is 1. The quantitative estimate of drug-likeness (QED) is 0.297. The van der Waals surface area contributed by atoms with Crippen molar-refractivity contribution in [1.29, 1.82) is 0 Å². The summed E-state index contributed by atoms with van der Waals surface area (Å²) in [6.45, 7) is 4.30. The first kappa shape index (κ1) is 16.3. The van der Waals surface area contributed by atoms with E-state index >= 15 is 0 Å². The minimum atomic E-state index is 0.901. The minimum absolute atomic E-state index is 0.901. The standard InChI is InChI=1S/C27H19NO/c1-16-6-5-9-22-26(16)17(2)14-23(28-22)19-10-12-21-25(15-19)29-24-13-11-18-7-3-4-8-20(18)27(21)24/h3-15H,1-2H3. The first-order valence-electron chi connectivity index (χ1n) is 9.90. The lowest BCUT2D eigenvalue weighted by Gasteiger charge is -2.09. The molecular weight excluding hydrogens is 354 g/mol. The highest BCUT2D eigenvalue weighted by Gasteiger charge is 2.13. The maximum atomic E-state index is 6.23. The first-order valence-corrected chi connectivity index (χ1v) is 9.90. The number of nitrogens with zero attached hydrogens (tertiary/aromatic N) is 1. The van der Waals surface area contributed by atoms with Crippen molar-refractivity contribution in [2.75, 3.05) is 0 Å². The Morgan fingerprint density at radius 1 is 0.655 bits per heavy atom. The third-order valence-corrected chi connectivity index (χ3v) is 5.90. The molecule has 4 aromatic carbocycles. The van der Waals surface area contributed by atoms with Gasteiger partial charge in [0.15, 0.2) is 0 Å². The van der Waals surface area contributed by atoms with Crippen LogP contribution in [0.1, 0.15) is 11.1 Å². The number of pyridine rings is 1. The van der Waals surface area contributed by atoms with E-state index in [1.807, 2.05) is 0 Å². The predicted molar refractivity (Wildman–Crippen MR) is 121 cm³/mol. The molecule has 6 rings (SSSR count). The third kappa shape index (κ3) is 2.39. The van der Waals surface area contributed by atoms with Gasteiger partial charge < -0.3 is 4.42 Å². The zero-order valence-electron chi connectivity index (χ0n) is 16.4. The zero-order valence-corrected chi connectivity index (χ0v) is 16.4. The summed E-state index contributed by atoms with van der Waals surface area (Å²) in [6, 6.07) is 27.6. The molecule has 0 atom stereocenters. The summed E-state index contributed by atoms with van der Waals surface area (Å²) in [4.78, 5) is 4.94. The fourth-order valence-electron chi connectivity index (χ4n) is 4.55. The van der Waals surface area contributed by atoms with E-state index < -0.39 is 0 Å². The van der Waals surface area contributed by atoms with Gasteiger partial charge in [-0.25, -0.2) is 4.98 Å². The minimum Gasteiger partial charge on any atom is -0.456 e. The van der Waals surface area contributed by atoms with Crippen LogP contribution in [-0.4, -0.2) is 4.98 Å². The van der Waals surface area contributed by atoms with Gasteiger partial charge in [-0.15, -0.1) is 0 Å². The molecule has 0 fully saturated rings. The molecule has 0 radical (unpaired) electrons. The number of benzene rings is 4. The van der Waals surface area contributed by atoms with Gasteiger partial charge >= 0.3 is 0 Å². The van der Waals surface area contributed by atoms with Crippen molar-refractivity contribution >= 4 is 43.6 Å². The second-order valence-electron chi connectivity index (χ2n) is 7.77. The Hall–Kier alpha value is -3.65. The highest BCUT2D eigenvalue weighted by atomic mass is 16.3. The maximum Gasteiger partial charge on any atom is 0.136 e. The Kier molecular flexibility index (Phi) is 3.33. The molecule has 0 bridgehead atoms. The van der Waals surface area contributed by atoms with Crippen LogP contribution < -0.4 is 0 Å². The SMILES string of the molecule is Cc1cccc2nc(-c3ccc4c(c3)oc3ccc5ccccc5c34)cc(C)c12. The largest absolute Gasteiger partial charge is 0.456 e. The van der Waals surface area contributed by atoms with Crippen LogP contribution in [0.3, 0.4) is 0 Å². The van der Waals surface area contributed by atoms with E-state index in [0.717, 1.165) is 33.3 Å². The van der Waals surface area contributed by atoms with Crippen molar-refractivity contribution in [1.82, 2.24) is 4.98 Å². The Morgan fingerprint density at radius 2 is 1.55 bits per heavy atom. The van der Waals surface area contributed by atoms with E-state index in [4.69, 9.17) is 9.40 Å². The van der Waals surface area contributed by atoms with Gasteiger partial charge in [-0.05, 0) is 66.1 Å². The summed E-state index contributed by atoms with van der Waals surface area (Å²) >= 11 is 0. The molecule has 0 saturated heterocycles. The zero-order chi connectivity index (χ0) is 19.5. The van der Waals surface area contributed by atoms with Gasteiger partial charge in [-0.3, -0.25) is 0 Å². The van der Waals surface area contributed by atoms with Crippen LogP contribution in [-0.2, 0) is 0 Å². The number of furan rings is 1. The lowest BCUT2D eigenvalue weighted by atomic mass is 10.00. The van der Waals surface area contributed by atoms with E-state index in [-0.39, 0.29) is 0 Å². The summed E-state index contributed by atoms with van der Waals surface area (Å²) in [7, 11) is 0. The van der Waals surface area contributed by atoms with Gasteiger partial charge in [0.2, 0.25) is 0 Å². The maximum absolute atomic E-state index is 6.23. The van der Waals surface area contributed by atoms with Crippen LogP contribution in [0.25, 0.3) is 54.9 Å². The van der Waals surface area contributed by atoms with Crippen LogP contribution in [0.4, 0.5) is 0 Å². The number of hydrogen-bond acceptors (Lipinski definition) is 2. The number of fused-ring (bicyclic) bond motifs is 6. The van der Waals surface area contributed by atoms with E-state index in [0.29, 0.717) is 0 Å². The Bertz CT molecular complexity index is 1570. The normalized spacial score (nSPS) is 11.8. The Balaban J connectivity index is 1.61. The smallest absolute Gasteiger partial charge is 0.136 e. The third-order valence-electron chi connectivity index (χ3n) is 5.90. The van der Waals surface area contributed by atoms with Gasteiger partial charge in [0.05, 0.1) is 11.2 Å². The topological polar surface area (TPSA) is 26.0 Å². The molecule has 0 aliphatic heterocycles. The first-order chi connectivity index (χ1) is 14.2. The van der Waals surface area contributed by atoms with E-state index in [9.17, 15) is 0 Å². The van der Waals surface area contributed by atoms with Gasteiger partial charge in [0.25, 0.3) is 0 Å². The fraction of sp³-hybridized carbons (Fsp3) is 0.0741. The van der Waals surface area contributed by atoms with Crippen molar-refractivity contribution in [3.63, 3.8) is 0 Å². The molecule has 138 valence electrons. The summed E-state index contributed by atoms with van der Waals surface area (Å²) in [5, 5.41) is 6.03. The summed E-state index contributed by atoms with van der Waals surface area (Å²) in [5.41, 5.74) is 7.43. The van der Waals surface area contributed by atoms with Gasteiger partial charge in [-0.2, -0.15) is 0 Å². The summed E-state index contributed by atoms with van der Waals surface area (Å²) in [6.07, 6.45) is 0. The molecule has 2 aromatic heterocycles. The fourth-order valence-corrected chi connectivity index (χ4v) is 4.55. The molecular formula is C27H19NO. The van der Waals surface area contributed by atoms with Crippen LogP contribution in [0, 0.1) is 13.8 Å². The summed E-state index contributed by atoms with van der Waals surface area (Å²) < 4.78 is 6.23. The molecule has 0 aliphatic carbocycles. The number of aryl methyl sites for hydroxylation is 2. The van der Waals surface area contributed by atoms with Crippen molar-refractivity contribution in [2.24, 2.45) is 0 Å². The molecule has 0 unspecified atom stereocenters. The molecule has 0 N–H and O–H groups in total. The highest BCUT2D eigenvalue weighted by Crippen LogP contribution is 2.36. The van der Waals surface area contributed by atoms with Crippen molar-refractivity contribution < 1.29 is 4.42 Å². The lowest BCUT2D eigenvalue weighted by molar-refractivity contribution is 0.669. The van der Waals surface area contributed by atoms with Crippen molar-refractivity contribution in [3.05, 3.63) is 90.0 Å². The van der Waals surface area contributed by atoms with Crippen molar-refractivity contribution in [3.8, 4) is 11.3 Å².